The van der Waals surface area contributed by atoms with Gasteiger partial charge in [0.25, 0.3) is 0 Å². The molecule has 1 aliphatic heterocycles. The molecule has 1 aromatic carbocycles. The highest BCUT2D eigenvalue weighted by atomic mass is 16.6. The van der Waals surface area contributed by atoms with Crippen LogP contribution in [0.25, 0.3) is 0 Å². The molecule has 0 aliphatic carbocycles. The number of anilines is 1. The van der Waals surface area contributed by atoms with Gasteiger partial charge in [0.2, 0.25) is 0 Å². The van der Waals surface area contributed by atoms with Crippen LogP contribution in [-0.2, 0) is 16.1 Å². The van der Waals surface area contributed by atoms with Gasteiger partial charge < -0.3 is 14.4 Å². The second-order valence-corrected chi connectivity index (χ2v) is 8.97. The van der Waals surface area contributed by atoms with E-state index in [0.717, 1.165) is 30.4 Å². The molecular weight excluding hydrogens is 406 g/mol. The van der Waals surface area contributed by atoms with Gasteiger partial charge in [-0.1, -0.05) is 43.3 Å². The summed E-state index contributed by atoms with van der Waals surface area (Å²) < 4.78 is 11.1. The lowest BCUT2D eigenvalue weighted by molar-refractivity contribution is 0.0579. The van der Waals surface area contributed by atoms with Crippen LogP contribution in [0.15, 0.2) is 48.7 Å². The summed E-state index contributed by atoms with van der Waals surface area (Å²) in [7, 11) is 0. The summed E-state index contributed by atoms with van der Waals surface area (Å²) in [6.07, 6.45) is 3.56. The fourth-order valence-electron chi connectivity index (χ4n) is 3.73. The standard InChI is InChI=1S/C25H33N3O4/c1-5-15-28(24(30)32-25(2,3)4)22-14-13-20(17-26-22)21-12-9-16-27(21)23(29)31-18-19-10-7-6-8-11-19/h6-8,10-11,13-14,17,21H,5,9,12,15-16,18H2,1-4H3/t21-/m1/s1. The van der Waals surface area contributed by atoms with E-state index in [4.69, 9.17) is 9.47 Å². The van der Waals surface area contributed by atoms with Gasteiger partial charge in [0, 0.05) is 19.3 Å². The molecule has 1 atom stereocenters. The Hall–Kier alpha value is -3.09. The normalized spacial score (nSPS) is 16.0. The van der Waals surface area contributed by atoms with Crippen LogP contribution in [0.2, 0.25) is 0 Å². The van der Waals surface area contributed by atoms with Gasteiger partial charge in [0.05, 0.1) is 6.04 Å². The van der Waals surface area contributed by atoms with Gasteiger partial charge >= 0.3 is 12.2 Å². The first-order chi connectivity index (χ1) is 15.3. The summed E-state index contributed by atoms with van der Waals surface area (Å²) in [4.78, 5) is 33.2. The Labute approximate surface area is 190 Å². The van der Waals surface area contributed by atoms with Crippen LogP contribution in [-0.4, -0.2) is 40.8 Å². The molecular formula is C25H33N3O4. The van der Waals surface area contributed by atoms with Gasteiger partial charge in [0.15, 0.2) is 0 Å². The van der Waals surface area contributed by atoms with E-state index >= 15 is 0 Å². The molecule has 0 saturated carbocycles. The average Bonchev–Trinajstić information content (AvgIpc) is 3.25. The van der Waals surface area contributed by atoms with Crippen molar-refractivity contribution in [1.82, 2.24) is 9.88 Å². The Morgan fingerprint density at radius 3 is 2.53 bits per heavy atom. The lowest BCUT2D eigenvalue weighted by Gasteiger charge is -2.27. The third kappa shape index (κ3) is 6.22. The zero-order valence-electron chi connectivity index (χ0n) is 19.4. The molecule has 7 heteroatoms. The van der Waals surface area contributed by atoms with E-state index in [0.29, 0.717) is 18.9 Å². The molecule has 32 heavy (non-hydrogen) atoms. The number of benzene rings is 1. The minimum Gasteiger partial charge on any atom is -0.445 e. The van der Waals surface area contributed by atoms with Crippen LogP contribution in [0.3, 0.4) is 0 Å². The van der Waals surface area contributed by atoms with Crippen LogP contribution < -0.4 is 4.90 Å². The van der Waals surface area contributed by atoms with Gasteiger partial charge in [-0.15, -0.1) is 0 Å². The topological polar surface area (TPSA) is 72.0 Å². The quantitative estimate of drug-likeness (QED) is 0.577. The van der Waals surface area contributed by atoms with E-state index in [1.54, 1.807) is 16.0 Å². The first kappa shape index (κ1) is 23.6. The minimum absolute atomic E-state index is 0.0824. The SMILES string of the molecule is CCCN(C(=O)OC(C)(C)C)c1ccc([C@H]2CCCN2C(=O)OCc2ccccc2)cn1. The zero-order chi connectivity index (χ0) is 23.1. The summed E-state index contributed by atoms with van der Waals surface area (Å²) in [6.45, 7) is 8.96. The van der Waals surface area contributed by atoms with Gasteiger partial charge in [-0.25, -0.2) is 14.6 Å². The largest absolute Gasteiger partial charge is 0.445 e. The van der Waals surface area contributed by atoms with Gasteiger partial charge in [0.1, 0.15) is 18.0 Å². The van der Waals surface area contributed by atoms with Crippen molar-refractivity contribution in [2.24, 2.45) is 0 Å². The Morgan fingerprint density at radius 2 is 1.91 bits per heavy atom. The van der Waals surface area contributed by atoms with Crippen molar-refractivity contribution in [1.29, 1.82) is 0 Å². The van der Waals surface area contributed by atoms with Crippen molar-refractivity contribution >= 4 is 18.0 Å². The molecule has 2 heterocycles. The highest BCUT2D eigenvalue weighted by Gasteiger charge is 2.32. The number of nitrogens with zero attached hydrogens (tertiary/aromatic N) is 3. The van der Waals surface area contributed by atoms with Gasteiger partial charge in [-0.2, -0.15) is 0 Å². The van der Waals surface area contributed by atoms with Crippen molar-refractivity contribution < 1.29 is 19.1 Å². The average molecular weight is 440 g/mol. The molecule has 1 aliphatic rings. The maximum Gasteiger partial charge on any atom is 0.416 e. The first-order valence-corrected chi connectivity index (χ1v) is 11.2. The summed E-state index contributed by atoms with van der Waals surface area (Å²) in [5, 5.41) is 0. The Morgan fingerprint density at radius 1 is 1.16 bits per heavy atom. The number of likely N-dealkylation sites (tertiary alicyclic amines) is 1. The lowest BCUT2D eigenvalue weighted by atomic mass is 10.1. The fourth-order valence-corrected chi connectivity index (χ4v) is 3.73. The molecule has 0 N–H and O–H groups in total. The van der Waals surface area contributed by atoms with Crippen LogP contribution in [0, 0.1) is 0 Å². The van der Waals surface area contributed by atoms with Crippen LogP contribution in [0.4, 0.5) is 15.4 Å². The van der Waals surface area contributed by atoms with Crippen molar-refractivity contribution in [3.8, 4) is 0 Å². The third-order valence-electron chi connectivity index (χ3n) is 5.19. The molecule has 0 bridgehead atoms. The van der Waals surface area contributed by atoms with E-state index in [9.17, 15) is 9.59 Å². The molecule has 1 saturated heterocycles. The van der Waals surface area contributed by atoms with E-state index in [1.165, 1.54) is 0 Å². The van der Waals surface area contributed by atoms with E-state index < -0.39 is 11.7 Å². The molecule has 7 nitrogen and oxygen atoms in total. The number of hydrogen-bond acceptors (Lipinski definition) is 5. The van der Waals surface area contributed by atoms with E-state index in [2.05, 4.69) is 4.98 Å². The molecule has 172 valence electrons. The van der Waals surface area contributed by atoms with Crippen molar-refractivity contribution in [3.63, 3.8) is 0 Å². The summed E-state index contributed by atoms with van der Waals surface area (Å²) >= 11 is 0. The fraction of sp³-hybridized carbons (Fsp3) is 0.480. The number of hydrogen-bond donors (Lipinski definition) is 0. The Bertz CT molecular complexity index is 894. The smallest absolute Gasteiger partial charge is 0.416 e. The van der Waals surface area contributed by atoms with Crippen molar-refractivity contribution in [3.05, 3.63) is 59.8 Å². The number of pyridine rings is 1. The minimum atomic E-state index is -0.576. The maximum atomic E-state index is 12.7. The second-order valence-electron chi connectivity index (χ2n) is 8.97. The molecule has 2 amide bonds. The third-order valence-corrected chi connectivity index (χ3v) is 5.19. The van der Waals surface area contributed by atoms with Crippen LogP contribution in [0.1, 0.15) is 64.1 Å². The number of amides is 2. The molecule has 2 aromatic rings. The van der Waals surface area contributed by atoms with Crippen molar-refractivity contribution in [2.75, 3.05) is 18.0 Å². The van der Waals surface area contributed by atoms with Crippen molar-refractivity contribution in [2.45, 2.75) is 65.2 Å². The molecule has 0 radical (unpaired) electrons. The molecule has 0 spiro atoms. The van der Waals surface area contributed by atoms with E-state index in [1.807, 2.05) is 70.2 Å². The molecule has 1 aromatic heterocycles. The monoisotopic (exact) mass is 439 g/mol. The van der Waals surface area contributed by atoms with Crippen LogP contribution >= 0.6 is 0 Å². The first-order valence-electron chi connectivity index (χ1n) is 11.2. The number of rotatable bonds is 6. The number of carbonyl (C=O) groups excluding carboxylic acids is 2. The highest BCUT2D eigenvalue weighted by molar-refractivity contribution is 5.86. The zero-order valence-corrected chi connectivity index (χ0v) is 19.4. The van der Waals surface area contributed by atoms with Crippen LogP contribution in [0.5, 0.6) is 0 Å². The summed E-state index contributed by atoms with van der Waals surface area (Å²) in [5.41, 5.74) is 1.32. The number of aromatic nitrogens is 1. The lowest BCUT2D eigenvalue weighted by Crippen LogP contribution is -2.38. The Balaban J connectivity index is 1.68. The highest BCUT2D eigenvalue weighted by Crippen LogP contribution is 2.33. The van der Waals surface area contributed by atoms with E-state index in [-0.39, 0.29) is 18.7 Å². The predicted molar refractivity (Wildman–Crippen MR) is 123 cm³/mol. The summed E-state index contributed by atoms with van der Waals surface area (Å²) in [6, 6.07) is 13.3. The number of ether oxygens (including phenoxy) is 2. The molecule has 0 unspecified atom stereocenters. The molecule has 3 rings (SSSR count). The second kappa shape index (κ2) is 10.5. The number of carbonyl (C=O) groups is 2. The van der Waals surface area contributed by atoms with Gasteiger partial charge in [-0.3, -0.25) is 4.90 Å². The molecule has 1 fully saturated rings. The predicted octanol–water partition coefficient (Wildman–Crippen LogP) is 5.71. The summed E-state index contributed by atoms with van der Waals surface area (Å²) in [5.74, 6) is 0.543. The maximum absolute atomic E-state index is 12.7. The Kier molecular flexibility index (Phi) is 7.72. The van der Waals surface area contributed by atoms with Gasteiger partial charge in [-0.05, 0) is 57.2 Å².